The van der Waals surface area contributed by atoms with Crippen molar-refractivity contribution in [2.24, 2.45) is 0 Å². The molecule has 0 fully saturated rings. The van der Waals surface area contributed by atoms with E-state index in [-0.39, 0.29) is 0 Å². The Kier molecular flexibility index (Phi) is 2.96. The van der Waals surface area contributed by atoms with E-state index in [0.717, 1.165) is 11.0 Å². The van der Waals surface area contributed by atoms with Crippen LogP contribution in [-0.4, -0.2) is 5.11 Å². The molecule has 1 aromatic carbocycles. The summed E-state index contributed by atoms with van der Waals surface area (Å²) < 4.78 is 5.66. The number of halogens is 1. The number of rotatable bonds is 3. The molecule has 0 aliphatic rings. The molecule has 2 aromatic rings. The molecule has 0 aliphatic carbocycles. The molecule has 0 unspecified atom stereocenters. The van der Waals surface area contributed by atoms with Crippen LogP contribution in [0.25, 0.3) is 11.0 Å². The average molecular weight is 239 g/mol. The van der Waals surface area contributed by atoms with E-state index in [9.17, 15) is 5.11 Å². The van der Waals surface area contributed by atoms with Crippen LogP contribution in [0.3, 0.4) is 0 Å². The largest absolute Gasteiger partial charge is 0.458 e. The molecule has 0 bridgehead atoms. The summed E-state index contributed by atoms with van der Waals surface area (Å²) in [4.78, 5) is 0. The van der Waals surface area contributed by atoms with Crippen LogP contribution < -0.4 is 0 Å². The first-order valence-electron chi connectivity index (χ1n) is 5.51. The summed E-state index contributed by atoms with van der Waals surface area (Å²) in [5, 5.41) is 12.0. The van der Waals surface area contributed by atoms with Gasteiger partial charge in [0.2, 0.25) is 0 Å². The van der Waals surface area contributed by atoms with Crippen molar-refractivity contribution >= 4 is 22.6 Å². The topological polar surface area (TPSA) is 33.4 Å². The van der Waals surface area contributed by atoms with E-state index in [2.05, 4.69) is 0 Å². The van der Waals surface area contributed by atoms with Gasteiger partial charge in [0.05, 0.1) is 0 Å². The van der Waals surface area contributed by atoms with Gasteiger partial charge in [-0.3, -0.25) is 0 Å². The third-order valence-corrected chi connectivity index (χ3v) is 3.34. The third kappa shape index (κ3) is 1.83. The van der Waals surface area contributed by atoms with E-state index >= 15 is 0 Å². The summed E-state index contributed by atoms with van der Waals surface area (Å²) in [5.41, 5.74) is -0.106. The van der Waals surface area contributed by atoms with Crippen LogP contribution in [0.4, 0.5) is 0 Å². The van der Waals surface area contributed by atoms with Crippen LogP contribution in [-0.2, 0) is 5.60 Å². The number of furan rings is 1. The van der Waals surface area contributed by atoms with E-state index < -0.39 is 5.60 Å². The summed E-state index contributed by atoms with van der Waals surface area (Å²) in [5.74, 6) is 0.620. The summed E-state index contributed by atoms with van der Waals surface area (Å²) in [6.45, 7) is 3.90. The Morgan fingerprint density at radius 2 is 1.94 bits per heavy atom. The molecule has 0 radical (unpaired) electrons. The Morgan fingerprint density at radius 1 is 1.25 bits per heavy atom. The lowest BCUT2D eigenvalue weighted by Gasteiger charge is -2.21. The second kappa shape index (κ2) is 4.11. The maximum atomic E-state index is 10.3. The predicted molar refractivity (Wildman–Crippen MR) is 65.7 cm³/mol. The number of hydrogen-bond donors (Lipinski definition) is 1. The summed E-state index contributed by atoms with van der Waals surface area (Å²) in [6, 6.07) is 7.32. The highest BCUT2D eigenvalue weighted by Gasteiger charge is 2.28. The second-order valence-electron chi connectivity index (χ2n) is 4.03. The highest BCUT2D eigenvalue weighted by Crippen LogP contribution is 2.33. The van der Waals surface area contributed by atoms with Gasteiger partial charge in [0.15, 0.2) is 0 Å². The first kappa shape index (κ1) is 11.5. The number of fused-ring (bicyclic) bond motifs is 1. The van der Waals surface area contributed by atoms with E-state index in [4.69, 9.17) is 16.0 Å². The zero-order chi connectivity index (χ0) is 11.8. The van der Waals surface area contributed by atoms with Crippen LogP contribution in [0.2, 0.25) is 5.02 Å². The van der Waals surface area contributed by atoms with Gasteiger partial charge in [-0.2, -0.15) is 0 Å². The Morgan fingerprint density at radius 3 is 2.56 bits per heavy atom. The highest BCUT2D eigenvalue weighted by molar-refractivity contribution is 6.31. The summed E-state index contributed by atoms with van der Waals surface area (Å²) in [6.07, 6.45) is 1.27. The first-order valence-corrected chi connectivity index (χ1v) is 5.89. The highest BCUT2D eigenvalue weighted by atomic mass is 35.5. The lowest BCUT2D eigenvalue weighted by atomic mass is 9.94. The smallest absolute Gasteiger partial charge is 0.136 e. The van der Waals surface area contributed by atoms with E-state index in [0.29, 0.717) is 23.6 Å². The van der Waals surface area contributed by atoms with Gasteiger partial charge in [0, 0.05) is 10.4 Å². The quantitative estimate of drug-likeness (QED) is 0.874. The third-order valence-electron chi connectivity index (χ3n) is 3.11. The molecule has 1 heterocycles. The van der Waals surface area contributed by atoms with E-state index in [1.165, 1.54) is 0 Å². The van der Waals surface area contributed by atoms with Crippen molar-refractivity contribution in [1.82, 2.24) is 0 Å². The Bertz CT molecular complexity index is 498. The van der Waals surface area contributed by atoms with Crippen LogP contribution in [0.1, 0.15) is 32.4 Å². The minimum atomic E-state index is -0.870. The normalized spacial score (nSPS) is 12.2. The molecule has 0 aliphatic heterocycles. The van der Waals surface area contributed by atoms with Crippen molar-refractivity contribution in [2.45, 2.75) is 32.3 Å². The molecule has 0 spiro atoms. The van der Waals surface area contributed by atoms with Crippen molar-refractivity contribution in [3.05, 3.63) is 35.0 Å². The minimum Gasteiger partial charge on any atom is -0.458 e. The van der Waals surface area contributed by atoms with Crippen LogP contribution in [0.15, 0.2) is 28.7 Å². The lowest BCUT2D eigenvalue weighted by molar-refractivity contribution is 0.00832. The number of aliphatic hydroxyl groups is 1. The molecule has 86 valence electrons. The average Bonchev–Trinajstić information content (AvgIpc) is 2.71. The molecule has 1 N–H and O–H groups in total. The molecule has 0 saturated carbocycles. The second-order valence-corrected chi connectivity index (χ2v) is 4.47. The molecular weight excluding hydrogens is 224 g/mol. The Balaban J connectivity index is 2.54. The lowest BCUT2D eigenvalue weighted by Crippen LogP contribution is -2.22. The van der Waals surface area contributed by atoms with Crippen molar-refractivity contribution in [3.63, 3.8) is 0 Å². The van der Waals surface area contributed by atoms with Gasteiger partial charge in [-0.05, 0) is 37.1 Å². The fourth-order valence-electron chi connectivity index (χ4n) is 1.84. The monoisotopic (exact) mass is 238 g/mol. The molecular formula is C13H15ClO2. The summed E-state index contributed by atoms with van der Waals surface area (Å²) in [7, 11) is 0. The molecule has 3 heteroatoms. The molecule has 0 amide bonds. The van der Waals surface area contributed by atoms with Crippen molar-refractivity contribution in [2.75, 3.05) is 0 Å². The van der Waals surface area contributed by atoms with Crippen LogP contribution in [0.5, 0.6) is 0 Å². The minimum absolute atomic E-state index is 0.620. The van der Waals surface area contributed by atoms with Gasteiger partial charge in [-0.15, -0.1) is 0 Å². The van der Waals surface area contributed by atoms with Gasteiger partial charge < -0.3 is 9.52 Å². The SMILES string of the molecule is CCC(O)(CC)c1cc2cc(Cl)ccc2o1. The molecule has 0 atom stereocenters. The van der Waals surface area contributed by atoms with Gasteiger partial charge in [-0.25, -0.2) is 0 Å². The van der Waals surface area contributed by atoms with Crippen molar-refractivity contribution in [1.29, 1.82) is 0 Å². The molecule has 16 heavy (non-hydrogen) atoms. The Labute approximate surface area is 99.8 Å². The van der Waals surface area contributed by atoms with Gasteiger partial charge in [0.25, 0.3) is 0 Å². The van der Waals surface area contributed by atoms with Crippen LogP contribution in [0, 0.1) is 0 Å². The van der Waals surface area contributed by atoms with Crippen molar-refractivity contribution < 1.29 is 9.52 Å². The number of benzene rings is 1. The number of hydrogen-bond acceptors (Lipinski definition) is 2. The molecule has 0 saturated heterocycles. The summed E-state index contributed by atoms with van der Waals surface area (Å²) >= 11 is 5.91. The van der Waals surface area contributed by atoms with E-state index in [1.54, 1.807) is 6.07 Å². The molecule has 2 rings (SSSR count). The first-order chi connectivity index (χ1) is 7.59. The zero-order valence-electron chi connectivity index (χ0n) is 9.46. The zero-order valence-corrected chi connectivity index (χ0v) is 10.2. The van der Waals surface area contributed by atoms with Crippen LogP contribution >= 0.6 is 11.6 Å². The van der Waals surface area contributed by atoms with Gasteiger partial charge in [-0.1, -0.05) is 25.4 Å². The fraction of sp³-hybridized carbons (Fsp3) is 0.385. The standard InChI is InChI=1S/C13H15ClO2/c1-3-13(15,4-2)12-8-9-7-10(14)5-6-11(9)16-12/h5-8,15H,3-4H2,1-2H3. The van der Waals surface area contributed by atoms with Crippen molar-refractivity contribution in [3.8, 4) is 0 Å². The van der Waals surface area contributed by atoms with Gasteiger partial charge in [0.1, 0.15) is 16.9 Å². The molecule has 2 nitrogen and oxygen atoms in total. The fourth-order valence-corrected chi connectivity index (χ4v) is 2.02. The van der Waals surface area contributed by atoms with Gasteiger partial charge >= 0.3 is 0 Å². The maximum Gasteiger partial charge on any atom is 0.136 e. The van der Waals surface area contributed by atoms with E-state index in [1.807, 2.05) is 32.0 Å². The Hall–Kier alpha value is -0.990. The maximum absolute atomic E-state index is 10.3. The predicted octanol–water partition coefficient (Wildman–Crippen LogP) is 4.09. The molecule has 1 aromatic heterocycles.